The average Bonchev–Trinajstić information content (AvgIpc) is 2.82. The lowest BCUT2D eigenvalue weighted by molar-refractivity contribution is 0.415. The Morgan fingerprint density at radius 2 is 2.00 bits per heavy atom. The number of hydrogen-bond donors (Lipinski definition) is 1. The summed E-state index contributed by atoms with van der Waals surface area (Å²) < 4.78 is 6.25. The number of aryl methyl sites for hydroxylation is 1. The third-order valence-electron chi connectivity index (χ3n) is 3.07. The second-order valence-electron chi connectivity index (χ2n) is 4.45. The van der Waals surface area contributed by atoms with E-state index in [4.69, 9.17) is 4.74 Å². The largest absolute Gasteiger partial charge is 0.497 e. The van der Waals surface area contributed by atoms with Crippen molar-refractivity contribution in [3.63, 3.8) is 0 Å². The molecule has 2 aromatic carbocycles. The maximum atomic E-state index is 5.26. The van der Waals surface area contributed by atoms with Crippen LogP contribution in [0.3, 0.4) is 0 Å². The van der Waals surface area contributed by atoms with Crippen LogP contribution >= 0.6 is 15.9 Å². The molecule has 0 bridgehead atoms. The number of methoxy groups -OCH3 is 1. The van der Waals surface area contributed by atoms with E-state index < -0.39 is 0 Å². The fourth-order valence-electron chi connectivity index (χ4n) is 2.06. The highest BCUT2D eigenvalue weighted by molar-refractivity contribution is 9.10. The van der Waals surface area contributed by atoms with Crippen molar-refractivity contribution in [1.82, 2.24) is 9.97 Å². The minimum atomic E-state index is 0.815. The van der Waals surface area contributed by atoms with Crippen LogP contribution in [-0.4, -0.2) is 17.1 Å². The Labute approximate surface area is 119 Å². The lowest BCUT2D eigenvalue weighted by Crippen LogP contribution is -1.86. The van der Waals surface area contributed by atoms with Crippen LogP contribution in [-0.2, 0) is 0 Å². The Morgan fingerprint density at radius 1 is 1.16 bits per heavy atom. The molecule has 0 saturated heterocycles. The molecule has 0 aliphatic heterocycles. The van der Waals surface area contributed by atoms with Gasteiger partial charge in [-0.2, -0.15) is 0 Å². The fourth-order valence-corrected chi connectivity index (χ4v) is 2.50. The molecular formula is C15H13BrN2O. The van der Waals surface area contributed by atoms with Gasteiger partial charge in [-0.3, -0.25) is 0 Å². The molecule has 0 saturated carbocycles. The molecule has 0 radical (unpaired) electrons. The van der Waals surface area contributed by atoms with Crippen LogP contribution in [0.15, 0.2) is 40.9 Å². The minimum Gasteiger partial charge on any atom is -0.497 e. The normalized spacial score (nSPS) is 10.9. The van der Waals surface area contributed by atoms with E-state index in [-0.39, 0.29) is 0 Å². The van der Waals surface area contributed by atoms with Gasteiger partial charge in [0.25, 0.3) is 0 Å². The monoisotopic (exact) mass is 316 g/mol. The van der Waals surface area contributed by atoms with E-state index >= 15 is 0 Å². The number of hydrogen-bond acceptors (Lipinski definition) is 2. The van der Waals surface area contributed by atoms with Crippen molar-refractivity contribution < 1.29 is 4.74 Å². The fraction of sp³-hybridized carbons (Fsp3) is 0.133. The molecule has 3 rings (SSSR count). The lowest BCUT2D eigenvalue weighted by atomic mass is 10.2. The number of benzene rings is 2. The molecule has 1 heterocycles. The molecule has 0 amide bonds. The Morgan fingerprint density at radius 3 is 2.79 bits per heavy atom. The van der Waals surface area contributed by atoms with Crippen molar-refractivity contribution >= 4 is 27.0 Å². The van der Waals surface area contributed by atoms with Gasteiger partial charge in [0.1, 0.15) is 11.6 Å². The Balaban J connectivity index is 2.18. The average molecular weight is 317 g/mol. The number of halogens is 1. The third kappa shape index (κ3) is 2.24. The number of imidazole rings is 1. The van der Waals surface area contributed by atoms with Gasteiger partial charge in [-0.05, 0) is 42.8 Å². The van der Waals surface area contributed by atoms with Gasteiger partial charge in [0.05, 0.1) is 18.1 Å². The van der Waals surface area contributed by atoms with E-state index in [1.54, 1.807) is 7.11 Å². The highest BCUT2D eigenvalue weighted by Gasteiger charge is 2.10. The second-order valence-corrected chi connectivity index (χ2v) is 5.31. The van der Waals surface area contributed by atoms with Crippen molar-refractivity contribution in [2.75, 3.05) is 7.11 Å². The molecule has 3 nitrogen and oxygen atoms in total. The smallest absolute Gasteiger partial charge is 0.139 e. The molecule has 0 aliphatic carbocycles. The summed E-state index contributed by atoms with van der Waals surface area (Å²) in [5, 5.41) is 0. The summed E-state index contributed by atoms with van der Waals surface area (Å²) in [5.74, 6) is 1.65. The first-order valence-electron chi connectivity index (χ1n) is 5.97. The van der Waals surface area contributed by atoms with Gasteiger partial charge in [0, 0.05) is 10.0 Å². The van der Waals surface area contributed by atoms with Crippen molar-refractivity contribution in [3.05, 3.63) is 46.4 Å². The topological polar surface area (TPSA) is 37.9 Å². The van der Waals surface area contributed by atoms with Crippen molar-refractivity contribution in [2.45, 2.75) is 6.92 Å². The van der Waals surface area contributed by atoms with Gasteiger partial charge >= 0.3 is 0 Å². The standard InChI is InChI=1S/C15H13BrN2O/c1-9-3-6-13-14(7-9)18-15(17-13)11-8-10(19-2)4-5-12(11)16/h3-8H,1-2H3,(H,17,18). The van der Waals surface area contributed by atoms with E-state index in [1.165, 1.54) is 5.56 Å². The lowest BCUT2D eigenvalue weighted by Gasteiger charge is -2.04. The number of ether oxygens (including phenoxy) is 1. The SMILES string of the molecule is COc1ccc(Br)c(-c2nc3ccc(C)cc3[nH]2)c1. The molecule has 0 atom stereocenters. The maximum Gasteiger partial charge on any atom is 0.139 e. The predicted octanol–water partition coefficient (Wildman–Crippen LogP) is 4.31. The van der Waals surface area contributed by atoms with E-state index in [9.17, 15) is 0 Å². The summed E-state index contributed by atoms with van der Waals surface area (Å²) in [4.78, 5) is 7.97. The van der Waals surface area contributed by atoms with Gasteiger partial charge in [-0.15, -0.1) is 0 Å². The Hall–Kier alpha value is -1.81. The van der Waals surface area contributed by atoms with Crippen LogP contribution in [0.25, 0.3) is 22.4 Å². The van der Waals surface area contributed by atoms with Crippen LogP contribution in [0.1, 0.15) is 5.56 Å². The number of nitrogens with zero attached hydrogens (tertiary/aromatic N) is 1. The van der Waals surface area contributed by atoms with Crippen LogP contribution < -0.4 is 4.74 Å². The first-order valence-corrected chi connectivity index (χ1v) is 6.77. The summed E-state index contributed by atoms with van der Waals surface area (Å²) >= 11 is 3.55. The van der Waals surface area contributed by atoms with Crippen LogP contribution in [0.5, 0.6) is 5.75 Å². The zero-order valence-corrected chi connectivity index (χ0v) is 12.3. The number of fused-ring (bicyclic) bond motifs is 1. The molecule has 96 valence electrons. The van der Waals surface area contributed by atoms with Gasteiger partial charge in [-0.25, -0.2) is 4.98 Å². The molecule has 3 aromatic rings. The minimum absolute atomic E-state index is 0.815. The van der Waals surface area contributed by atoms with E-state index in [0.717, 1.165) is 32.6 Å². The van der Waals surface area contributed by atoms with Crippen LogP contribution in [0.4, 0.5) is 0 Å². The molecular weight excluding hydrogens is 304 g/mol. The zero-order valence-electron chi connectivity index (χ0n) is 10.7. The molecule has 1 N–H and O–H groups in total. The van der Waals surface area contributed by atoms with Crippen molar-refractivity contribution in [3.8, 4) is 17.1 Å². The summed E-state index contributed by atoms with van der Waals surface area (Å²) in [6, 6.07) is 12.0. The van der Waals surface area contributed by atoms with E-state index in [1.807, 2.05) is 24.3 Å². The summed E-state index contributed by atoms with van der Waals surface area (Å²) in [6.07, 6.45) is 0. The molecule has 0 spiro atoms. The van der Waals surface area contributed by atoms with Gasteiger partial charge in [0.2, 0.25) is 0 Å². The summed E-state index contributed by atoms with van der Waals surface area (Å²) in [6.45, 7) is 2.07. The summed E-state index contributed by atoms with van der Waals surface area (Å²) in [5.41, 5.74) is 4.22. The molecule has 0 aliphatic rings. The molecule has 19 heavy (non-hydrogen) atoms. The van der Waals surface area contributed by atoms with Crippen LogP contribution in [0, 0.1) is 6.92 Å². The van der Waals surface area contributed by atoms with Gasteiger partial charge in [0.15, 0.2) is 0 Å². The number of aromatic amines is 1. The van der Waals surface area contributed by atoms with Crippen molar-refractivity contribution in [2.24, 2.45) is 0 Å². The Bertz CT molecular complexity index is 749. The highest BCUT2D eigenvalue weighted by atomic mass is 79.9. The Kier molecular flexibility index (Phi) is 3.03. The van der Waals surface area contributed by atoms with E-state index in [0.29, 0.717) is 0 Å². The number of H-pyrrole nitrogens is 1. The molecule has 0 unspecified atom stereocenters. The first-order chi connectivity index (χ1) is 9.17. The van der Waals surface area contributed by atoms with Crippen molar-refractivity contribution in [1.29, 1.82) is 0 Å². The predicted molar refractivity (Wildman–Crippen MR) is 80.5 cm³/mol. The van der Waals surface area contributed by atoms with E-state index in [2.05, 4.69) is 45.0 Å². The van der Waals surface area contributed by atoms with Gasteiger partial charge in [-0.1, -0.05) is 22.0 Å². The second kappa shape index (κ2) is 4.70. The zero-order chi connectivity index (χ0) is 13.4. The maximum absolute atomic E-state index is 5.26. The molecule has 0 fully saturated rings. The number of aromatic nitrogens is 2. The molecule has 4 heteroatoms. The number of nitrogens with one attached hydrogen (secondary N) is 1. The molecule has 1 aromatic heterocycles. The summed E-state index contributed by atoms with van der Waals surface area (Å²) in [7, 11) is 1.66. The first kappa shape index (κ1) is 12.2. The van der Waals surface area contributed by atoms with Gasteiger partial charge < -0.3 is 9.72 Å². The number of rotatable bonds is 2. The van der Waals surface area contributed by atoms with Crippen LogP contribution in [0.2, 0.25) is 0 Å². The highest BCUT2D eigenvalue weighted by Crippen LogP contribution is 2.31. The quantitative estimate of drug-likeness (QED) is 0.765. The third-order valence-corrected chi connectivity index (χ3v) is 3.76.